The minimum Gasteiger partial charge on any atom is -0.394 e. The smallest absolute Gasteiger partial charge is 0.255 e. The molecule has 1 saturated heterocycles. The number of amides is 1. The molecule has 0 saturated carbocycles. The van der Waals surface area contributed by atoms with Crippen LogP contribution in [0.1, 0.15) is 23.2 Å². The van der Waals surface area contributed by atoms with Gasteiger partial charge in [0, 0.05) is 18.9 Å². The largest absolute Gasteiger partial charge is 0.394 e. The summed E-state index contributed by atoms with van der Waals surface area (Å²) in [4.78, 5) is 17.7. The maximum Gasteiger partial charge on any atom is 0.255 e. The summed E-state index contributed by atoms with van der Waals surface area (Å²) in [5.41, 5.74) is 0.456. The lowest BCUT2D eigenvalue weighted by molar-refractivity contribution is 0.0677. The highest BCUT2D eigenvalue weighted by Gasteiger charge is 2.29. The van der Waals surface area contributed by atoms with Crippen LogP contribution in [0.3, 0.4) is 0 Å². The third-order valence-electron chi connectivity index (χ3n) is 2.85. The molecule has 0 aliphatic carbocycles. The number of aliphatic hydroxyl groups excluding tert-OH is 1. The van der Waals surface area contributed by atoms with Crippen LogP contribution in [0, 0.1) is 0 Å². The lowest BCUT2D eigenvalue weighted by atomic mass is 10.2. The Morgan fingerprint density at radius 2 is 2.50 bits per heavy atom. The van der Waals surface area contributed by atoms with Crippen LogP contribution in [0.15, 0.2) is 18.5 Å². The average Bonchev–Trinajstić information content (AvgIpc) is 2.77. The number of likely N-dealkylation sites (tertiary alicyclic amines) is 1. The molecule has 0 aromatic carbocycles. The molecule has 1 aliphatic rings. The van der Waals surface area contributed by atoms with E-state index in [2.05, 4.69) is 4.98 Å². The Morgan fingerprint density at radius 3 is 3.19 bits per heavy atom. The van der Waals surface area contributed by atoms with Crippen LogP contribution in [0.4, 0.5) is 0 Å². The number of carbonyl (C=O) groups excluding carboxylic acids is 1. The van der Waals surface area contributed by atoms with Crippen LogP contribution < -0.4 is 0 Å². The molecular weight excluding hydrogens is 228 g/mol. The number of halogens is 1. The fourth-order valence-electron chi connectivity index (χ4n) is 2.00. The van der Waals surface area contributed by atoms with E-state index >= 15 is 0 Å². The SMILES string of the molecule is O=C(c1ccncc1Cl)N1CCC[C@H]1CO. The highest BCUT2D eigenvalue weighted by Crippen LogP contribution is 2.22. The first-order valence-corrected chi connectivity index (χ1v) is 5.63. The lowest BCUT2D eigenvalue weighted by Gasteiger charge is -2.23. The maximum atomic E-state index is 12.1. The third kappa shape index (κ3) is 2.03. The monoisotopic (exact) mass is 240 g/mol. The van der Waals surface area contributed by atoms with Gasteiger partial charge in [0.05, 0.1) is 23.2 Å². The number of hydrogen-bond donors (Lipinski definition) is 1. The highest BCUT2D eigenvalue weighted by molar-refractivity contribution is 6.33. The molecule has 0 unspecified atom stereocenters. The second kappa shape index (κ2) is 4.80. The zero-order valence-electron chi connectivity index (χ0n) is 8.77. The molecule has 4 nitrogen and oxygen atoms in total. The molecule has 1 atom stereocenters. The molecule has 5 heteroatoms. The Kier molecular flexibility index (Phi) is 3.41. The quantitative estimate of drug-likeness (QED) is 0.849. The van der Waals surface area contributed by atoms with Gasteiger partial charge in [-0.2, -0.15) is 0 Å². The van der Waals surface area contributed by atoms with Crippen molar-refractivity contribution in [1.82, 2.24) is 9.88 Å². The van der Waals surface area contributed by atoms with E-state index in [0.29, 0.717) is 17.1 Å². The number of pyridine rings is 1. The zero-order valence-corrected chi connectivity index (χ0v) is 9.52. The molecule has 0 radical (unpaired) electrons. The maximum absolute atomic E-state index is 12.1. The van der Waals surface area contributed by atoms with E-state index in [1.165, 1.54) is 6.20 Å². The summed E-state index contributed by atoms with van der Waals surface area (Å²) < 4.78 is 0. The molecular formula is C11H13ClN2O2. The summed E-state index contributed by atoms with van der Waals surface area (Å²) in [6.07, 6.45) is 4.78. The van der Waals surface area contributed by atoms with Crippen LogP contribution in [0.5, 0.6) is 0 Å². The van der Waals surface area contributed by atoms with E-state index < -0.39 is 0 Å². The number of aromatic nitrogens is 1. The van der Waals surface area contributed by atoms with E-state index in [0.717, 1.165) is 12.8 Å². The first-order valence-electron chi connectivity index (χ1n) is 5.25. The van der Waals surface area contributed by atoms with Gasteiger partial charge in [-0.15, -0.1) is 0 Å². The van der Waals surface area contributed by atoms with Crippen molar-refractivity contribution in [3.63, 3.8) is 0 Å². The summed E-state index contributed by atoms with van der Waals surface area (Å²) in [5.74, 6) is -0.121. The molecule has 16 heavy (non-hydrogen) atoms. The lowest BCUT2D eigenvalue weighted by Crippen LogP contribution is -2.37. The number of nitrogens with zero attached hydrogens (tertiary/aromatic N) is 2. The van der Waals surface area contributed by atoms with Crippen LogP contribution in [0.25, 0.3) is 0 Å². The van der Waals surface area contributed by atoms with E-state index in [4.69, 9.17) is 16.7 Å². The first-order chi connectivity index (χ1) is 7.74. The van der Waals surface area contributed by atoms with Crippen molar-refractivity contribution in [3.05, 3.63) is 29.0 Å². The van der Waals surface area contributed by atoms with Gasteiger partial charge >= 0.3 is 0 Å². The molecule has 1 N–H and O–H groups in total. The number of carbonyl (C=O) groups is 1. The standard InChI is InChI=1S/C11H13ClN2O2/c12-10-6-13-4-3-9(10)11(16)14-5-1-2-8(14)7-15/h3-4,6,8,15H,1-2,5,7H2/t8-/m0/s1. The van der Waals surface area contributed by atoms with Crippen molar-refractivity contribution < 1.29 is 9.90 Å². The van der Waals surface area contributed by atoms with Gasteiger partial charge in [-0.05, 0) is 18.9 Å². The van der Waals surface area contributed by atoms with Crippen LogP contribution in [0.2, 0.25) is 5.02 Å². The summed E-state index contributed by atoms with van der Waals surface area (Å²) in [7, 11) is 0. The van der Waals surface area contributed by atoms with Crippen LogP contribution >= 0.6 is 11.6 Å². The van der Waals surface area contributed by atoms with E-state index in [1.807, 2.05) is 0 Å². The highest BCUT2D eigenvalue weighted by atomic mass is 35.5. The van der Waals surface area contributed by atoms with Crippen molar-refractivity contribution in [3.8, 4) is 0 Å². The van der Waals surface area contributed by atoms with E-state index in [9.17, 15) is 4.79 Å². The van der Waals surface area contributed by atoms with Crippen molar-refractivity contribution in [1.29, 1.82) is 0 Å². The predicted octanol–water partition coefficient (Wildman–Crippen LogP) is 1.33. The normalized spacial score (nSPS) is 20.1. The van der Waals surface area contributed by atoms with Gasteiger partial charge < -0.3 is 10.0 Å². The van der Waals surface area contributed by atoms with Crippen molar-refractivity contribution in [2.75, 3.05) is 13.2 Å². The van der Waals surface area contributed by atoms with Gasteiger partial charge in [-0.1, -0.05) is 11.6 Å². The molecule has 1 fully saturated rings. The summed E-state index contributed by atoms with van der Waals surface area (Å²) in [5, 5.41) is 9.52. The molecule has 0 spiro atoms. The van der Waals surface area contributed by atoms with Crippen LogP contribution in [-0.2, 0) is 0 Å². The summed E-state index contributed by atoms with van der Waals surface area (Å²) >= 11 is 5.92. The van der Waals surface area contributed by atoms with Gasteiger partial charge in [-0.3, -0.25) is 9.78 Å². The summed E-state index contributed by atoms with van der Waals surface area (Å²) in [6.45, 7) is 0.692. The van der Waals surface area contributed by atoms with Gasteiger partial charge in [0.25, 0.3) is 5.91 Å². The molecule has 1 amide bonds. The Morgan fingerprint density at radius 1 is 1.69 bits per heavy atom. The molecule has 1 aromatic rings. The first kappa shape index (κ1) is 11.4. The topological polar surface area (TPSA) is 53.4 Å². The zero-order chi connectivity index (χ0) is 11.5. The molecule has 2 rings (SSSR count). The molecule has 1 aliphatic heterocycles. The van der Waals surface area contributed by atoms with Gasteiger partial charge in [-0.25, -0.2) is 0 Å². The number of hydrogen-bond acceptors (Lipinski definition) is 3. The molecule has 86 valence electrons. The van der Waals surface area contributed by atoms with Gasteiger partial charge in [0.2, 0.25) is 0 Å². The Balaban J connectivity index is 2.22. The molecule has 0 bridgehead atoms. The van der Waals surface area contributed by atoms with E-state index in [1.54, 1.807) is 17.2 Å². The fourth-order valence-corrected chi connectivity index (χ4v) is 2.20. The van der Waals surface area contributed by atoms with Crippen molar-refractivity contribution in [2.45, 2.75) is 18.9 Å². The molecule has 2 heterocycles. The fraction of sp³-hybridized carbons (Fsp3) is 0.455. The minimum atomic E-state index is -0.121. The Bertz CT molecular complexity index is 397. The van der Waals surface area contributed by atoms with E-state index in [-0.39, 0.29) is 18.6 Å². The minimum absolute atomic E-state index is 0.00838. The third-order valence-corrected chi connectivity index (χ3v) is 3.15. The van der Waals surface area contributed by atoms with Crippen molar-refractivity contribution >= 4 is 17.5 Å². The second-order valence-electron chi connectivity index (χ2n) is 3.83. The Labute approximate surface area is 98.9 Å². The van der Waals surface area contributed by atoms with Crippen LogP contribution in [-0.4, -0.2) is 40.1 Å². The average molecular weight is 241 g/mol. The second-order valence-corrected chi connectivity index (χ2v) is 4.24. The Hall–Kier alpha value is -1.13. The van der Waals surface area contributed by atoms with Gasteiger partial charge in [0.1, 0.15) is 0 Å². The number of rotatable bonds is 2. The van der Waals surface area contributed by atoms with Gasteiger partial charge in [0.15, 0.2) is 0 Å². The summed E-state index contributed by atoms with van der Waals surface area (Å²) in [6, 6.07) is 1.54. The predicted molar refractivity (Wildman–Crippen MR) is 60.4 cm³/mol. The van der Waals surface area contributed by atoms with Crippen molar-refractivity contribution in [2.24, 2.45) is 0 Å². The number of aliphatic hydroxyl groups is 1. The molecule has 1 aromatic heterocycles.